The summed E-state index contributed by atoms with van der Waals surface area (Å²) in [4.78, 5) is 0. The number of allylic oxidation sites excluding steroid dienone is 2. The van der Waals surface area contributed by atoms with Crippen molar-refractivity contribution in [2.45, 2.75) is 82.4 Å². The van der Waals surface area contributed by atoms with Gasteiger partial charge < -0.3 is 0 Å². The third kappa shape index (κ3) is 5.77. The van der Waals surface area contributed by atoms with Crippen LogP contribution in [-0.2, 0) is 5.38 Å². The Morgan fingerprint density at radius 1 is 0.931 bits per heavy atom. The van der Waals surface area contributed by atoms with Crippen LogP contribution in [0.5, 0.6) is 0 Å². The molecule has 1 aromatic carbocycles. The van der Waals surface area contributed by atoms with Crippen LogP contribution in [0.3, 0.4) is 0 Å². The zero-order chi connectivity index (χ0) is 21.0. The summed E-state index contributed by atoms with van der Waals surface area (Å²) in [5.41, 5.74) is -0.862. The minimum Gasteiger partial charge on any atom is -0.206 e. The molecule has 2 aliphatic carbocycles. The summed E-state index contributed by atoms with van der Waals surface area (Å²) in [5, 5.41) is -4.03. The molecule has 3 rings (SSSR count). The van der Waals surface area contributed by atoms with Crippen LogP contribution in [0.15, 0.2) is 24.3 Å². The molecule has 0 atom stereocenters. The van der Waals surface area contributed by atoms with Crippen LogP contribution in [0, 0.1) is 29.4 Å². The third-order valence-corrected chi connectivity index (χ3v) is 7.32. The van der Waals surface area contributed by atoms with Gasteiger partial charge >= 0.3 is 5.38 Å². The average molecular weight is 431 g/mol. The zero-order valence-electron chi connectivity index (χ0n) is 17.1. The van der Waals surface area contributed by atoms with Gasteiger partial charge in [0.1, 0.15) is 17.2 Å². The highest BCUT2D eigenvalue weighted by Crippen LogP contribution is 2.45. The lowest BCUT2D eigenvalue weighted by Crippen LogP contribution is -2.25. The molecule has 0 saturated heterocycles. The molecule has 0 amide bonds. The molecule has 0 radical (unpaired) electrons. The molecule has 0 spiro atoms. The van der Waals surface area contributed by atoms with E-state index in [2.05, 4.69) is 19.1 Å². The molecule has 0 N–H and O–H groups in total. The Kier molecular flexibility index (Phi) is 7.69. The quantitative estimate of drug-likeness (QED) is 0.240. The maximum absolute atomic E-state index is 14.1. The topological polar surface area (TPSA) is 0 Å². The second-order valence-corrected chi connectivity index (χ2v) is 9.37. The highest BCUT2D eigenvalue weighted by molar-refractivity contribution is 6.21. The van der Waals surface area contributed by atoms with E-state index >= 15 is 0 Å². The Labute approximate surface area is 176 Å². The number of rotatable bonds is 6. The smallest absolute Gasteiger partial charge is 0.206 e. The van der Waals surface area contributed by atoms with Crippen molar-refractivity contribution in [3.8, 4) is 0 Å². The van der Waals surface area contributed by atoms with Crippen molar-refractivity contribution < 1.29 is 17.6 Å². The maximum Gasteiger partial charge on any atom is 0.353 e. The van der Waals surface area contributed by atoms with Crippen molar-refractivity contribution in [3.05, 3.63) is 47.0 Å². The SMILES string of the molecule is CC=CCCC1CCC(C2CCC(c3cc(F)c(C(F)(F)Cl)c(F)c3)CC2)CC1. The van der Waals surface area contributed by atoms with Crippen molar-refractivity contribution in [2.75, 3.05) is 0 Å². The van der Waals surface area contributed by atoms with E-state index in [1.54, 1.807) is 0 Å². The van der Waals surface area contributed by atoms with E-state index in [1.165, 1.54) is 38.5 Å². The molecule has 2 aliphatic rings. The van der Waals surface area contributed by atoms with Crippen LogP contribution in [0.25, 0.3) is 0 Å². The molecule has 0 bridgehead atoms. The van der Waals surface area contributed by atoms with E-state index in [9.17, 15) is 17.6 Å². The van der Waals surface area contributed by atoms with Gasteiger partial charge in [-0.1, -0.05) is 25.0 Å². The van der Waals surface area contributed by atoms with Crippen LogP contribution >= 0.6 is 11.6 Å². The molecule has 0 aliphatic heterocycles. The van der Waals surface area contributed by atoms with Gasteiger partial charge in [0.25, 0.3) is 0 Å². The fraction of sp³-hybridized carbons (Fsp3) is 0.667. The second kappa shape index (κ2) is 9.85. The van der Waals surface area contributed by atoms with Crippen molar-refractivity contribution in [2.24, 2.45) is 17.8 Å². The fourth-order valence-electron chi connectivity index (χ4n) is 5.47. The van der Waals surface area contributed by atoms with Gasteiger partial charge in [0.15, 0.2) is 0 Å². The molecule has 0 heterocycles. The van der Waals surface area contributed by atoms with Gasteiger partial charge in [0.05, 0.1) is 0 Å². The fourth-order valence-corrected chi connectivity index (χ4v) is 5.65. The van der Waals surface area contributed by atoms with Gasteiger partial charge in [-0.05, 0) is 111 Å². The summed E-state index contributed by atoms with van der Waals surface area (Å²) in [6, 6.07) is 2.10. The maximum atomic E-state index is 14.1. The summed E-state index contributed by atoms with van der Waals surface area (Å²) in [6.07, 6.45) is 15.9. The molecule has 5 heteroatoms. The summed E-state index contributed by atoms with van der Waals surface area (Å²) in [7, 11) is 0. The van der Waals surface area contributed by atoms with Gasteiger partial charge in [0, 0.05) is 0 Å². The lowest BCUT2D eigenvalue weighted by atomic mass is 9.68. The Bertz CT molecular complexity index is 670. The van der Waals surface area contributed by atoms with Crippen LogP contribution in [0.2, 0.25) is 0 Å². The standard InChI is InChI=1S/C24H31ClF4/c1-2-3-4-5-16-6-8-17(9-7-16)18-10-12-19(13-11-18)20-14-21(26)23(22(27)15-20)24(25,28)29/h2-3,14-19H,4-13H2,1H3. The molecular weight excluding hydrogens is 400 g/mol. The van der Waals surface area contributed by atoms with Gasteiger partial charge in [-0.2, -0.15) is 8.78 Å². The van der Waals surface area contributed by atoms with E-state index in [0.717, 1.165) is 49.7 Å². The van der Waals surface area contributed by atoms with Crippen LogP contribution < -0.4 is 0 Å². The molecule has 0 unspecified atom stereocenters. The number of hydrogen-bond donors (Lipinski definition) is 0. The lowest BCUT2D eigenvalue weighted by molar-refractivity contribution is 0.0857. The van der Waals surface area contributed by atoms with Crippen molar-refractivity contribution in [1.82, 2.24) is 0 Å². The minimum absolute atomic E-state index is 0.0328. The lowest BCUT2D eigenvalue weighted by Gasteiger charge is -2.38. The predicted molar refractivity (Wildman–Crippen MR) is 110 cm³/mol. The first kappa shape index (κ1) is 22.7. The molecule has 162 valence electrons. The van der Waals surface area contributed by atoms with Crippen molar-refractivity contribution in [3.63, 3.8) is 0 Å². The van der Waals surface area contributed by atoms with Crippen molar-refractivity contribution in [1.29, 1.82) is 0 Å². The largest absolute Gasteiger partial charge is 0.353 e. The summed E-state index contributed by atoms with van der Waals surface area (Å²) in [5.74, 6) is -0.172. The monoisotopic (exact) mass is 430 g/mol. The van der Waals surface area contributed by atoms with E-state index < -0.39 is 22.6 Å². The normalized spacial score (nSPS) is 28.8. The first-order chi connectivity index (χ1) is 13.8. The van der Waals surface area contributed by atoms with E-state index in [4.69, 9.17) is 11.6 Å². The highest BCUT2D eigenvalue weighted by Gasteiger charge is 2.37. The second-order valence-electron chi connectivity index (χ2n) is 8.90. The molecule has 29 heavy (non-hydrogen) atoms. The Balaban J connectivity index is 1.52. The number of hydrogen-bond acceptors (Lipinski definition) is 0. The summed E-state index contributed by atoms with van der Waals surface area (Å²) < 4.78 is 54.5. The molecular formula is C24H31ClF4. The molecule has 2 saturated carbocycles. The third-order valence-electron chi connectivity index (χ3n) is 7.13. The van der Waals surface area contributed by atoms with E-state index in [1.807, 2.05) is 0 Å². The molecule has 0 nitrogen and oxygen atoms in total. The van der Waals surface area contributed by atoms with Crippen LogP contribution in [-0.4, -0.2) is 0 Å². The highest BCUT2D eigenvalue weighted by atomic mass is 35.5. The van der Waals surface area contributed by atoms with Gasteiger partial charge in [-0.3, -0.25) is 0 Å². The Morgan fingerprint density at radius 2 is 1.45 bits per heavy atom. The van der Waals surface area contributed by atoms with Gasteiger partial charge in [-0.15, -0.1) is 0 Å². The van der Waals surface area contributed by atoms with Crippen molar-refractivity contribution >= 4 is 11.6 Å². The molecule has 1 aromatic rings. The molecule has 2 fully saturated rings. The molecule has 0 aromatic heterocycles. The summed E-state index contributed by atoms with van der Waals surface area (Å²) >= 11 is 4.84. The number of alkyl halides is 3. The van der Waals surface area contributed by atoms with Gasteiger partial charge in [0.2, 0.25) is 0 Å². The predicted octanol–water partition coefficient (Wildman–Crippen LogP) is 8.69. The Hall–Kier alpha value is -1.03. The number of benzene rings is 1. The average Bonchev–Trinajstić information content (AvgIpc) is 2.67. The number of halogens is 5. The van der Waals surface area contributed by atoms with Crippen LogP contribution in [0.4, 0.5) is 17.6 Å². The first-order valence-corrected chi connectivity index (χ1v) is 11.3. The summed E-state index contributed by atoms with van der Waals surface area (Å²) in [6.45, 7) is 2.07. The van der Waals surface area contributed by atoms with Crippen LogP contribution in [0.1, 0.15) is 88.2 Å². The van der Waals surface area contributed by atoms with Gasteiger partial charge in [-0.25, -0.2) is 8.78 Å². The zero-order valence-corrected chi connectivity index (χ0v) is 17.8. The van der Waals surface area contributed by atoms with E-state index in [-0.39, 0.29) is 5.92 Å². The minimum atomic E-state index is -4.03. The first-order valence-electron chi connectivity index (χ1n) is 11.0. The Morgan fingerprint density at radius 3 is 1.93 bits per heavy atom. The van der Waals surface area contributed by atoms with E-state index in [0.29, 0.717) is 11.5 Å².